The van der Waals surface area contributed by atoms with Gasteiger partial charge in [0.2, 0.25) is 0 Å². The summed E-state index contributed by atoms with van der Waals surface area (Å²) < 4.78 is 0.739. The second-order valence-electron chi connectivity index (χ2n) is 4.62. The number of hydrogen-bond acceptors (Lipinski definition) is 3. The van der Waals surface area contributed by atoms with Crippen molar-refractivity contribution >= 4 is 33.3 Å². The summed E-state index contributed by atoms with van der Waals surface area (Å²) in [6, 6.07) is 9.03. The van der Waals surface area contributed by atoms with Gasteiger partial charge in [-0.2, -0.15) is 0 Å². The van der Waals surface area contributed by atoms with Crippen LogP contribution >= 0.6 is 15.9 Å². The Bertz CT molecular complexity index is 728. The van der Waals surface area contributed by atoms with E-state index in [9.17, 15) is 9.59 Å². The number of nitrogens with zero attached hydrogens (tertiary/aromatic N) is 2. The van der Waals surface area contributed by atoms with Gasteiger partial charge in [-0.3, -0.25) is 19.5 Å². The lowest BCUT2D eigenvalue weighted by molar-refractivity contribution is -0.114. The zero-order chi connectivity index (χ0) is 14.3. The van der Waals surface area contributed by atoms with Crippen molar-refractivity contribution in [3.05, 3.63) is 57.8 Å². The molecule has 0 aliphatic carbocycles. The number of fused-ring (bicyclic) bond motifs is 1. The van der Waals surface area contributed by atoms with E-state index in [1.165, 1.54) is 4.90 Å². The number of halogens is 1. The van der Waals surface area contributed by atoms with Crippen LogP contribution in [0, 0.1) is 6.92 Å². The molecule has 0 unspecified atom stereocenters. The van der Waals surface area contributed by atoms with Crippen LogP contribution in [0.25, 0.3) is 0 Å². The number of para-hydroxylation sites is 1. The van der Waals surface area contributed by atoms with Crippen LogP contribution in [0.5, 0.6) is 0 Å². The Hall–Kier alpha value is -2.01. The molecule has 1 aliphatic rings. The van der Waals surface area contributed by atoms with Crippen LogP contribution in [0.2, 0.25) is 0 Å². The van der Waals surface area contributed by atoms with Gasteiger partial charge in [-0.1, -0.05) is 12.1 Å². The van der Waals surface area contributed by atoms with Gasteiger partial charge in [0.1, 0.15) is 0 Å². The summed E-state index contributed by atoms with van der Waals surface area (Å²) in [4.78, 5) is 29.9. The van der Waals surface area contributed by atoms with Gasteiger partial charge in [-0.05, 0) is 46.6 Å². The van der Waals surface area contributed by atoms with E-state index in [0.29, 0.717) is 17.8 Å². The third kappa shape index (κ3) is 1.94. The van der Waals surface area contributed by atoms with Gasteiger partial charge in [0.15, 0.2) is 0 Å². The Labute approximate surface area is 124 Å². The van der Waals surface area contributed by atoms with Crippen LogP contribution in [-0.2, 0) is 11.3 Å². The predicted octanol–water partition coefficient (Wildman–Crippen LogP) is 2.88. The quantitative estimate of drug-likeness (QED) is 0.795. The fourth-order valence-corrected chi connectivity index (χ4v) is 2.88. The summed E-state index contributed by atoms with van der Waals surface area (Å²) in [5.74, 6) is -0.966. The molecule has 1 aliphatic heterocycles. The van der Waals surface area contributed by atoms with Gasteiger partial charge in [-0.25, -0.2) is 0 Å². The normalized spacial score (nSPS) is 13.8. The lowest BCUT2D eigenvalue weighted by Crippen LogP contribution is -2.30. The van der Waals surface area contributed by atoms with Gasteiger partial charge in [0, 0.05) is 10.7 Å². The second kappa shape index (κ2) is 4.83. The molecule has 3 rings (SSSR count). The number of benzene rings is 1. The summed E-state index contributed by atoms with van der Waals surface area (Å²) in [5, 5.41) is 0. The van der Waals surface area contributed by atoms with Crippen molar-refractivity contribution in [3.8, 4) is 0 Å². The van der Waals surface area contributed by atoms with E-state index >= 15 is 0 Å². The van der Waals surface area contributed by atoms with Gasteiger partial charge in [-0.15, -0.1) is 0 Å². The minimum absolute atomic E-state index is 0.298. The first kappa shape index (κ1) is 13.0. The molecular weight excluding hydrogens is 320 g/mol. The average molecular weight is 331 g/mol. The van der Waals surface area contributed by atoms with Crippen molar-refractivity contribution in [2.75, 3.05) is 4.90 Å². The number of carbonyl (C=O) groups excluding carboxylic acids is 2. The highest BCUT2D eigenvalue weighted by Crippen LogP contribution is 2.36. The fourth-order valence-electron chi connectivity index (χ4n) is 2.30. The van der Waals surface area contributed by atoms with Crippen LogP contribution in [-0.4, -0.2) is 16.7 Å². The van der Waals surface area contributed by atoms with Gasteiger partial charge in [0.25, 0.3) is 11.7 Å². The first-order valence-electron chi connectivity index (χ1n) is 6.15. The molecule has 20 heavy (non-hydrogen) atoms. The standard InChI is InChI=1S/C15H11BrN2O2/c1-9-4-3-7-17-12(9)8-18-13-10(14(19)15(18)20)5-2-6-11(13)16/h2-7H,8H2,1H3. The smallest absolute Gasteiger partial charge is 0.298 e. The van der Waals surface area contributed by atoms with Gasteiger partial charge < -0.3 is 0 Å². The summed E-state index contributed by atoms with van der Waals surface area (Å²) in [5.41, 5.74) is 2.86. The first-order chi connectivity index (χ1) is 9.59. The number of hydrogen-bond donors (Lipinski definition) is 0. The van der Waals surface area contributed by atoms with Crippen molar-refractivity contribution in [1.29, 1.82) is 0 Å². The first-order valence-corrected chi connectivity index (χ1v) is 6.94. The molecule has 0 N–H and O–H groups in total. The molecule has 0 saturated heterocycles. The summed E-state index contributed by atoms with van der Waals surface area (Å²) in [6.07, 6.45) is 1.69. The molecule has 1 aromatic heterocycles. The van der Waals surface area contributed by atoms with Crippen molar-refractivity contribution in [2.24, 2.45) is 0 Å². The molecule has 0 spiro atoms. The molecular formula is C15H11BrN2O2. The summed E-state index contributed by atoms with van der Waals surface area (Å²) >= 11 is 3.41. The largest absolute Gasteiger partial charge is 0.299 e. The maximum absolute atomic E-state index is 12.2. The molecule has 1 aromatic carbocycles. The third-order valence-corrected chi connectivity index (χ3v) is 4.01. The Morgan fingerprint density at radius 2 is 2.00 bits per heavy atom. The molecule has 0 fully saturated rings. The lowest BCUT2D eigenvalue weighted by atomic mass is 10.1. The number of carbonyl (C=O) groups is 2. The van der Waals surface area contributed by atoms with Crippen LogP contribution in [0.3, 0.4) is 0 Å². The van der Waals surface area contributed by atoms with Crippen LogP contribution < -0.4 is 4.90 Å². The molecule has 0 bridgehead atoms. The van der Waals surface area contributed by atoms with E-state index < -0.39 is 11.7 Å². The summed E-state index contributed by atoms with van der Waals surface area (Å²) in [6.45, 7) is 2.23. The Kier molecular flexibility index (Phi) is 3.14. The molecule has 1 amide bonds. The Morgan fingerprint density at radius 1 is 1.20 bits per heavy atom. The maximum atomic E-state index is 12.2. The average Bonchev–Trinajstić information content (AvgIpc) is 2.68. The molecule has 0 saturated carbocycles. The molecule has 0 atom stereocenters. The number of rotatable bonds is 2. The topological polar surface area (TPSA) is 50.3 Å². The van der Waals surface area contributed by atoms with E-state index in [1.807, 2.05) is 25.1 Å². The van der Waals surface area contributed by atoms with E-state index in [4.69, 9.17) is 0 Å². The highest BCUT2D eigenvalue weighted by atomic mass is 79.9. The van der Waals surface area contributed by atoms with Crippen molar-refractivity contribution < 1.29 is 9.59 Å². The number of pyridine rings is 1. The number of ketones is 1. The minimum Gasteiger partial charge on any atom is -0.298 e. The van der Waals surface area contributed by atoms with Gasteiger partial charge in [0.05, 0.1) is 23.5 Å². The zero-order valence-corrected chi connectivity index (χ0v) is 12.3. The van der Waals surface area contributed by atoms with Crippen molar-refractivity contribution in [2.45, 2.75) is 13.5 Å². The second-order valence-corrected chi connectivity index (χ2v) is 5.48. The molecule has 2 aromatic rings. The van der Waals surface area contributed by atoms with Crippen molar-refractivity contribution in [3.63, 3.8) is 0 Å². The maximum Gasteiger partial charge on any atom is 0.299 e. The highest BCUT2D eigenvalue weighted by Gasteiger charge is 2.37. The van der Waals surface area contributed by atoms with E-state index in [-0.39, 0.29) is 0 Å². The predicted molar refractivity (Wildman–Crippen MR) is 78.6 cm³/mol. The number of amides is 1. The monoisotopic (exact) mass is 330 g/mol. The number of Topliss-reactive ketones (excluding diaryl/α,β-unsaturated/α-hetero) is 1. The fraction of sp³-hybridized carbons (Fsp3) is 0.133. The van der Waals surface area contributed by atoms with E-state index in [2.05, 4.69) is 20.9 Å². The number of anilines is 1. The molecule has 4 nitrogen and oxygen atoms in total. The van der Waals surface area contributed by atoms with Crippen molar-refractivity contribution in [1.82, 2.24) is 4.98 Å². The van der Waals surface area contributed by atoms with Crippen LogP contribution in [0.4, 0.5) is 5.69 Å². The molecule has 2 heterocycles. The van der Waals surface area contributed by atoms with Crippen LogP contribution in [0.1, 0.15) is 21.6 Å². The van der Waals surface area contributed by atoms with Gasteiger partial charge >= 0.3 is 0 Å². The number of aryl methyl sites for hydroxylation is 1. The zero-order valence-electron chi connectivity index (χ0n) is 10.8. The van der Waals surface area contributed by atoms with Crippen LogP contribution in [0.15, 0.2) is 41.0 Å². The van der Waals surface area contributed by atoms with E-state index in [0.717, 1.165) is 15.7 Å². The third-order valence-electron chi connectivity index (χ3n) is 3.37. The molecule has 5 heteroatoms. The molecule has 100 valence electrons. The SMILES string of the molecule is Cc1cccnc1CN1C(=O)C(=O)c2cccc(Br)c21. The number of aromatic nitrogens is 1. The summed E-state index contributed by atoms with van der Waals surface area (Å²) in [7, 11) is 0. The Morgan fingerprint density at radius 3 is 2.75 bits per heavy atom. The minimum atomic E-state index is -0.503. The molecule has 0 radical (unpaired) electrons. The highest BCUT2D eigenvalue weighted by molar-refractivity contribution is 9.10. The Balaban J connectivity index is 2.06. The lowest BCUT2D eigenvalue weighted by Gasteiger charge is -2.18. The van der Waals surface area contributed by atoms with E-state index in [1.54, 1.807) is 18.3 Å².